The maximum Gasteiger partial charge on any atom is 0.415 e. The monoisotopic (exact) mass is 304 g/mol. The van der Waals surface area contributed by atoms with E-state index in [0.717, 1.165) is 0 Å². The molecule has 3 rings (SSSR count). The number of ether oxygens (including phenoxy) is 1. The molecule has 0 aliphatic carbocycles. The van der Waals surface area contributed by atoms with Gasteiger partial charge in [0.2, 0.25) is 5.91 Å². The van der Waals surface area contributed by atoms with Crippen molar-refractivity contribution in [2.24, 2.45) is 0 Å². The van der Waals surface area contributed by atoms with Crippen LogP contribution in [0, 0.1) is 5.82 Å². The minimum absolute atomic E-state index is 0.0853. The van der Waals surface area contributed by atoms with Gasteiger partial charge in [-0.2, -0.15) is 0 Å². The number of piperidine rings is 1. The van der Waals surface area contributed by atoms with E-state index in [1.807, 2.05) is 13.0 Å². The summed E-state index contributed by atoms with van der Waals surface area (Å²) >= 11 is 0. The highest BCUT2D eigenvalue weighted by Gasteiger charge is 2.41. The third-order valence-corrected chi connectivity index (χ3v) is 4.15. The molecule has 2 unspecified atom stereocenters. The molecule has 0 saturated carbocycles. The molecule has 22 heavy (non-hydrogen) atoms. The van der Waals surface area contributed by atoms with Gasteiger partial charge in [-0.05, 0) is 31.9 Å². The quantitative estimate of drug-likeness (QED) is 0.865. The highest BCUT2D eigenvalue weighted by Crippen LogP contribution is 2.31. The Morgan fingerprint density at radius 3 is 2.95 bits per heavy atom. The molecule has 1 aromatic carbocycles. The van der Waals surface area contributed by atoms with Crippen LogP contribution in [0.15, 0.2) is 36.4 Å². The molecule has 2 aliphatic heterocycles. The van der Waals surface area contributed by atoms with E-state index in [2.05, 4.69) is 5.32 Å². The minimum atomic E-state index is -0.499. The van der Waals surface area contributed by atoms with Crippen molar-refractivity contribution < 1.29 is 18.7 Å². The van der Waals surface area contributed by atoms with E-state index in [4.69, 9.17) is 4.74 Å². The third-order valence-electron chi connectivity index (χ3n) is 4.15. The Morgan fingerprint density at radius 1 is 1.50 bits per heavy atom. The van der Waals surface area contributed by atoms with Gasteiger partial charge < -0.3 is 15.0 Å². The molecule has 2 heterocycles. The zero-order chi connectivity index (χ0) is 15.7. The summed E-state index contributed by atoms with van der Waals surface area (Å²) in [4.78, 5) is 25.2. The third kappa shape index (κ3) is 2.81. The molecule has 6 heteroatoms. The van der Waals surface area contributed by atoms with Gasteiger partial charge in [-0.15, -0.1) is 0 Å². The number of likely N-dealkylation sites (tertiary alicyclic amines) is 1. The number of hydrogen-bond donors (Lipinski definition) is 1. The summed E-state index contributed by atoms with van der Waals surface area (Å²) in [7, 11) is 0. The number of nitrogens with one attached hydrogen (secondary N) is 1. The Balaban J connectivity index is 1.65. The van der Waals surface area contributed by atoms with Gasteiger partial charge in [-0.25, -0.2) is 9.18 Å². The van der Waals surface area contributed by atoms with Gasteiger partial charge in [0.25, 0.3) is 0 Å². The van der Waals surface area contributed by atoms with Crippen molar-refractivity contribution in [1.29, 1.82) is 0 Å². The van der Waals surface area contributed by atoms with Gasteiger partial charge in [0.1, 0.15) is 11.6 Å². The second-order valence-corrected chi connectivity index (χ2v) is 5.80. The van der Waals surface area contributed by atoms with Gasteiger partial charge in [0, 0.05) is 24.7 Å². The molecule has 1 N–H and O–H groups in total. The van der Waals surface area contributed by atoms with Crippen LogP contribution in [-0.4, -0.2) is 35.0 Å². The lowest BCUT2D eigenvalue weighted by atomic mass is 9.85. The summed E-state index contributed by atoms with van der Waals surface area (Å²) in [6.07, 6.45) is 4.18. The van der Waals surface area contributed by atoms with Gasteiger partial charge >= 0.3 is 6.09 Å². The molecule has 1 aromatic rings. The van der Waals surface area contributed by atoms with Crippen molar-refractivity contribution in [1.82, 2.24) is 10.2 Å². The molecule has 116 valence electrons. The SMILES string of the molecule is CC1CC2(C=CC(=O)N2)CCN1C(=O)Oc1cccc(F)c1. The summed E-state index contributed by atoms with van der Waals surface area (Å²) in [6.45, 7) is 2.38. The lowest BCUT2D eigenvalue weighted by Gasteiger charge is -2.42. The molecular weight excluding hydrogens is 287 g/mol. The van der Waals surface area contributed by atoms with E-state index in [1.165, 1.54) is 30.3 Å². The lowest BCUT2D eigenvalue weighted by Crippen LogP contribution is -2.56. The number of halogens is 1. The highest BCUT2D eigenvalue weighted by molar-refractivity contribution is 5.91. The van der Waals surface area contributed by atoms with E-state index in [-0.39, 0.29) is 23.2 Å². The maximum atomic E-state index is 13.1. The summed E-state index contributed by atoms with van der Waals surface area (Å²) in [6, 6.07) is 5.41. The summed E-state index contributed by atoms with van der Waals surface area (Å²) in [5.41, 5.74) is -0.355. The van der Waals surface area contributed by atoms with Gasteiger partial charge in [0.05, 0.1) is 5.54 Å². The molecule has 5 nitrogen and oxygen atoms in total. The first-order chi connectivity index (χ1) is 10.5. The zero-order valence-corrected chi connectivity index (χ0v) is 12.2. The van der Waals surface area contributed by atoms with Gasteiger partial charge in [0.15, 0.2) is 0 Å². The van der Waals surface area contributed by atoms with E-state index in [1.54, 1.807) is 4.90 Å². The van der Waals surface area contributed by atoms with Crippen LogP contribution in [0.25, 0.3) is 0 Å². The van der Waals surface area contributed by atoms with Gasteiger partial charge in [-0.1, -0.05) is 12.1 Å². The number of carbonyl (C=O) groups is 2. The molecule has 2 aliphatic rings. The van der Waals surface area contributed by atoms with E-state index >= 15 is 0 Å². The number of rotatable bonds is 1. The number of nitrogens with zero attached hydrogens (tertiary/aromatic N) is 1. The number of carbonyl (C=O) groups excluding carboxylic acids is 2. The van der Waals surface area contributed by atoms with E-state index in [0.29, 0.717) is 19.4 Å². The van der Waals surface area contributed by atoms with Crippen molar-refractivity contribution in [2.75, 3.05) is 6.54 Å². The lowest BCUT2D eigenvalue weighted by molar-refractivity contribution is -0.117. The predicted molar refractivity (Wildman–Crippen MR) is 77.8 cm³/mol. The molecular formula is C16H17FN2O3. The van der Waals surface area contributed by atoms with Crippen molar-refractivity contribution in [3.63, 3.8) is 0 Å². The summed E-state index contributed by atoms with van der Waals surface area (Å²) in [5.74, 6) is -0.357. The zero-order valence-electron chi connectivity index (χ0n) is 12.2. The Morgan fingerprint density at radius 2 is 2.32 bits per heavy atom. The van der Waals surface area contributed by atoms with Crippen LogP contribution >= 0.6 is 0 Å². The van der Waals surface area contributed by atoms with Crippen molar-refractivity contribution in [3.8, 4) is 5.75 Å². The second kappa shape index (κ2) is 5.44. The summed E-state index contributed by atoms with van der Waals surface area (Å²) in [5, 5.41) is 2.94. The fraction of sp³-hybridized carbons (Fsp3) is 0.375. The smallest absolute Gasteiger partial charge is 0.410 e. The minimum Gasteiger partial charge on any atom is -0.410 e. The average molecular weight is 304 g/mol. The predicted octanol–water partition coefficient (Wildman–Crippen LogP) is 2.23. The number of benzene rings is 1. The van der Waals surface area contributed by atoms with Crippen molar-refractivity contribution >= 4 is 12.0 Å². The standard InChI is InChI=1S/C16H17FN2O3/c1-11-10-16(6-5-14(20)18-16)7-8-19(11)15(21)22-13-4-2-3-12(17)9-13/h2-6,9,11H,7-8,10H2,1H3,(H,18,20). The highest BCUT2D eigenvalue weighted by atomic mass is 19.1. The van der Waals surface area contributed by atoms with Crippen LogP contribution < -0.4 is 10.1 Å². The molecule has 0 radical (unpaired) electrons. The van der Waals surface area contributed by atoms with Crippen LogP contribution in [0.3, 0.4) is 0 Å². The van der Waals surface area contributed by atoms with Crippen molar-refractivity contribution in [3.05, 3.63) is 42.2 Å². The molecule has 1 spiro atoms. The molecule has 0 bridgehead atoms. The van der Waals surface area contributed by atoms with E-state index in [9.17, 15) is 14.0 Å². The first-order valence-electron chi connectivity index (χ1n) is 7.23. The normalized spacial score (nSPS) is 27.1. The Labute approximate surface area is 127 Å². The van der Waals surface area contributed by atoms with Crippen LogP contribution in [0.4, 0.5) is 9.18 Å². The topological polar surface area (TPSA) is 58.6 Å². The Bertz CT molecular complexity index is 646. The van der Waals surface area contributed by atoms with Crippen molar-refractivity contribution in [2.45, 2.75) is 31.3 Å². The Hall–Kier alpha value is -2.37. The van der Waals surface area contributed by atoms with Crippen LogP contribution in [-0.2, 0) is 4.79 Å². The van der Waals surface area contributed by atoms with E-state index < -0.39 is 11.9 Å². The molecule has 2 amide bonds. The summed E-state index contributed by atoms with van der Waals surface area (Å²) < 4.78 is 18.3. The fourth-order valence-electron chi connectivity index (χ4n) is 3.07. The molecule has 0 aromatic heterocycles. The average Bonchev–Trinajstić information content (AvgIpc) is 2.79. The first-order valence-corrected chi connectivity index (χ1v) is 7.23. The Kier molecular flexibility index (Phi) is 3.60. The number of hydrogen-bond acceptors (Lipinski definition) is 3. The molecule has 1 saturated heterocycles. The molecule has 2 atom stereocenters. The van der Waals surface area contributed by atoms with Crippen LogP contribution in [0.2, 0.25) is 0 Å². The van der Waals surface area contributed by atoms with Crippen LogP contribution in [0.1, 0.15) is 19.8 Å². The van der Waals surface area contributed by atoms with Gasteiger partial charge in [-0.3, -0.25) is 4.79 Å². The second-order valence-electron chi connectivity index (χ2n) is 5.80. The fourth-order valence-corrected chi connectivity index (χ4v) is 3.07. The number of amides is 2. The first kappa shape index (κ1) is 14.6. The van der Waals surface area contributed by atoms with Crippen LogP contribution in [0.5, 0.6) is 5.75 Å². The maximum absolute atomic E-state index is 13.1. The largest absolute Gasteiger partial charge is 0.415 e. The molecule has 1 fully saturated rings.